The Morgan fingerprint density at radius 1 is 0.739 bits per heavy atom. The summed E-state index contributed by atoms with van der Waals surface area (Å²) in [6.45, 7) is 8.22. The summed E-state index contributed by atoms with van der Waals surface area (Å²) in [5.41, 5.74) is 7.32. The molecule has 0 saturated heterocycles. The molecule has 0 heterocycles. The van der Waals surface area contributed by atoms with E-state index in [1.165, 1.54) is 36.8 Å². The van der Waals surface area contributed by atoms with Gasteiger partial charge in [0, 0.05) is 0 Å². The van der Waals surface area contributed by atoms with Crippen LogP contribution in [-0.2, 0) is 0 Å². The maximum atomic E-state index is 13.6. The number of benzene rings is 2. The molecule has 2 aliphatic carbocycles. The number of aryl methyl sites for hydroxylation is 4. The minimum absolute atomic E-state index is 0.0255. The van der Waals surface area contributed by atoms with Crippen molar-refractivity contribution in [2.75, 3.05) is 0 Å². The molecule has 2 aliphatic rings. The molecule has 0 N–H and O–H groups in total. The Bertz CT molecular complexity index is 706. The van der Waals surface area contributed by atoms with E-state index in [1.54, 1.807) is 5.56 Å². The largest absolute Gasteiger partial charge is 0.206 e. The summed E-state index contributed by atoms with van der Waals surface area (Å²) in [4.78, 5) is 0. The first-order valence-corrected chi connectivity index (χ1v) is 8.80. The van der Waals surface area contributed by atoms with E-state index in [0.29, 0.717) is 5.92 Å². The first-order chi connectivity index (χ1) is 11.0. The molecule has 122 valence electrons. The van der Waals surface area contributed by atoms with Gasteiger partial charge in [0.15, 0.2) is 0 Å². The normalized spacial score (nSPS) is 16.7. The molecule has 23 heavy (non-hydrogen) atoms. The van der Waals surface area contributed by atoms with Gasteiger partial charge in [0.25, 0.3) is 0 Å². The molecule has 0 radical (unpaired) electrons. The Kier molecular flexibility index (Phi) is 4.57. The van der Waals surface area contributed by atoms with Gasteiger partial charge >= 0.3 is 0 Å². The molecule has 0 nitrogen and oxygen atoms in total. The molecule has 0 bridgehead atoms. The van der Waals surface area contributed by atoms with Crippen molar-refractivity contribution in [3.63, 3.8) is 0 Å². The number of rotatable bonds is 2. The van der Waals surface area contributed by atoms with E-state index >= 15 is 0 Å². The van der Waals surface area contributed by atoms with Crippen molar-refractivity contribution < 1.29 is 4.39 Å². The SMILES string of the molecule is Cc1ccc(C)c(C2CC2)c1.Cc1ccc(C)c(C2CC2)c1F. The maximum absolute atomic E-state index is 13.6. The number of halogens is 1. The molecule has 2 fully saturated rings. The lowest BCUT2D eigenvalue weighted by atomic mass is 10.0. The molecule has 4 rings (SSSR count). The average Bonchev–Trinajstić information content (AvgIpc) is 3.38. The van der Waals surface area contributed by atoms with Crippen molar-refractivity contribution in [3.05, 3.63) is 69.5 Å². The van der Waals surface area contributed by atoms with Gasteiger partial charge in [-0.3, -0.25) is 0 Å². The average molecular weight is 310 g/mol. The lowest BCUT2D eigenvalue weighted by Gasteiger charge is -2.07. The monoisotopic (exact) mass is 310 g/mol. The highest BCUT2D eigenvalue weighted by molar-refractivity contribution is 5.37. The fraction of sp³-hybridized carbons (Fsp3) is 0.455. The van der Waals surface area contributed by atoms with Crippen molar-refractivity contribution in [1.82, 2.24) is 0 Å². The predicted octanol–water partition coefficient (Wildman–Crippen LogP) is 6.50. The zero-order valence-electron chi connectivity index (χ0n) is 14.7. The first-order valence-electron chi connectivity index (χ1n) is 8.80. The van der Waals surface area contributed by atoms with Gasteiger partial charge in [0.05, 0.1) is 0 Å². The molecule has 2 saturated carbocycles. The minimum atomic E-state index is 0.0255. The molecule has 2 aromatic rings. The van der Waals surface area contributed by atoms with E-state index in [9.17, 15) is 4.39 Å². The van der Waals surface area contributed by atoms with Crippen LogP contribution in [0.25, 0.3) is 0 Å². The van der Waals surface area contributed by atoms with Crippen molar-refractivity contribution >= 4 is 0 Å². The lowest BCUT2D eigenvalue weighted by molar-refractivity contribution is 0.600. The highest BCUT2D eigenvalue weighted by atomic mass is 19.1. The van der Waals surface area contributed by atoms with Crippen LogP contribution in [0.5, 0.6) is 0 Å². The van der Waals surface area contributed by atoms with Gasteiger partial charge in [-0.25, -0.2) is 4.39 Å². The molecule has 0 amide bonds. The van der Waals surface area contributed by atoms with E-state index in [1.807, 2.05) is 26.0 Å². The molecule has 0 aromatic heterocycles. The Morgan fingerprint density at radius 3 is 1.91 bits per heavy atom. The van der Waals surface area contributed by atoms with Gasteiger partial charge in [-0.1, -0.05) is 35.9 Å². The number of hydrogen-bond acceptors (Lipinski definition) is 0. The molecular formula is C22H27F. The van der Waals surface area contributed by atoms with Crippen molar-refractivity contribution in [2.24, 2.45) is 0 Å². The molecular weight excluding hydrogens is 283 g/mol. The van der Waals surface area contributed by atoms with Crippen LogP contribution in [0.2, 0.25) is 0 Å². The van der Waals surface area contributed by atoms with E-state index in [-0.39, 0.29) is 5.82 Å². The Hall–Kier alpha value is -1.63. The Morgan fingerprint density at radius 2 is 1.30 bits per heavy atom. The molecule has 2 aromatic carbocycles. The van der Waals surface area contributed by atoms with Crippen LogP contribution in [0.4, 0.5) is 4.39 Å². The molecule has 1 heteroatoms. The summed E-state index contributed by atoms with van der Waals surface area (Å²) in [6.07, 6.45) is 5.15. The number of hydrogen-bond donors (Lipinski definition) is 0. The quantitative estimate of drug-likeness (QED) is 0.594. The second-order valence-corrected chi connectivity index (χ2v) is 7.34. The topological polar surface area (TPSA) is 0 Å². The minimum Gasteiger partial charge on any atom is -0.206 e. The standard InChI is InChI=1S/C11H13F.C11H14/c1-7-3-4-8(2)11(12)10(7)9-5-6-9;1-8-3-4-9(2)11(7-8)10-5-6-10/h3-4,9H,5-6H2,1-2H3;3-4,7,10H,5-6H2,1-2H3. The first kappa shape index (κ1) is 16.2. The smallest absolute Gasteiger partial charge is 0.129 e. The van der Waals surface area contributed by atoms with E-state index < -0.39 is 0 Å². The summed E-state index contributed by atoms with van der Waals surface area (Å²) in [5.74, 6) is 1.44. The second-order valence-electron chi connectivity index (χ2n) is 7.34. The highest BCUT2D eigenvalue weighted by Crippen LogP contribution is 2.43. The van der Waals surface area contributed by atoms with E-state index in [4.69, 9.17) is 0 Å². The summed E-state index contributed by atoms with van der Waals surface area (Å²) in [7, 11) is 0. The van der Waals surface area contributed by atoms with Gasteiger partial charge in [-0.2, -0.15) is 0 Å². The molecule has 0 spiro atoms. The van der Waals surface area contributed by atoms with E-state index in [2.05, 4.69) is 32.0 Å². The van der Waals surface area contributed by atoms with Crippen molar-refractivity contribution in [3.8, 4) is 0 Å². The van der Waals surface area contributed by atoms with Crippen LogP contribution in [-0.4, -0.2) is 0 Å². The van der Waals surface area contributed by atoms with Gasteiger partial charge in [0.2, 0.25) is 0 Å². The van der Waals surface area contributed by atoms with Crippen LogP contribution < -0.4 is 0 Å². The summed E-state index contributed by atoms with van der Waals surface area (Å²) >= 11 is 0. The summed E-state index contributed by atoms with van der Waals surface area (Å²) < 4.78 is 13.6. The summed E-state index contributed by atoms with van der Waals surface area (Å²) in [5, 5.41) is 0. The van der Waals surface area contributed by atoms with Crippen LogP contribution in [0.1, 0.15) is 70.9 Å². The van der Waals surface area contributed by atoms with Gasteiger partial charge in [0.1, 0.15) is 5.82 Å². The third kappa shape index (κ3) is 3.83. The third-order valence-corrected chi connectivity index (χ3v) is 5.03. The molecule has 0 unspecified atom stereocenters. The van der Waals surface area contributed by atoms with Crippen molar-refractivity contribution in [1.29, 1.82) is 0 Å². The zero-order valence-corrected chi connectivity index (χ0v) is 14.7. The van der Waals surface area contributed by atoms with Gasteiger partial charge in [-0.15, -0.1) is 0 Å². The third-order valence-electron chi connectivity index (χ3n) is 5.03. The predicted molar refractivity (Wildman–Crippen MR) is 95.7 cm³/mol. The molecule has 0 aliphatic heterocycles. The van der Waals surface area contributed by atoms with Crippen LogP contribution >= 0.6 is 0 Å². The van der Waals surface area contributed by atoms with Gasteiger partial charge in [-0.05, 0) is 93.0 Å². The summed E-state index contributed by atoms with van der Waals surface area (Å²) in [6, 6.07) is 10.7. The Labute approximate surface area is 139 Å². The van der Waals surface area contributed by atoms with Crippen molar-refractivity contribution in [2.45, 2.75) is 65.2 Å². The molecule has 0 atom stereocenters. The fourth-order valence-corrected chi connectivity index (χ4v) is 3.27. The second kappa shape index (κ2) is 6.47. The zero-order chi connectivity index (χ0) is 16.6. The van der Waals surface area contributed by atoms with Crippen LogP contribution in [0.3, 0.4) is 0 Å². The van der Waals surface area contributed by atoms with Crippen LogP contribution in [0.15, 0.2) is 30.3 Å². The Balaban J connectivity index is 0.000000136. The maximum Gasteiger partial charge on any atom is 0.129 e. The van der Waals surface area contributed by atoms with Crippen LogP contribution in [0, 0.1) is 33.5 Å². The highest BCUT2D eigenvalue weighted by Gasteiger charge is 2.28. The van der Waals surface area contributed by atoms with E-state index in [0.717, 1.165) is 22.6 Å². The van der Waals surface area contributed by atoms with Gasteiger partial charge < -0.3 is 0 Å². The fourth-order valence-electron chi connectivity index (χ4n) is 3.27. The lowest BCUT2D eigenvalue weighted by Crippen LogP contribution is -1.94.